The van der Waals surface area contributed by atoms with E-state index in [1.54, 1.807) is 0 Å². The molecule has 2 aliphatic carbocycles. The topological polar surface area (TPSA) is 132 Å². The largest absolute Gasteiger partial charge is 0.507 e. The highest BCUT2D eigenvalue weighted by Crippen LogP contribution is 2.47. The minimum Gasteiger partial charge on any atom is -0.507 e. The molecule has 0 heterocycles. The molecule has 0 fully saturated rings. The number of Topliss-reactive ketones (excluding diaryl/α,β-unsaturated/α-hetero) is 1. The van der Waals surface area contributed by atoms with Gasteiger partial charge in [0, 0.05) is 23.1 Å². The molecule has 2 aliphatic rings. The van der Waals surface area contributed by atoms with Gasteiger partial charge in [0.05, 0.1) is 16.7 Å². The first-order chi connectivity index (χ1) is 13.2. The minimum atomic E-state index is -2.02. The number of aliphatic hydroxyl groups is 2. The number of rotatable bonds is 2. The third-order valence-corrected chi connectivity index (χ3v) is 5.30. The van der Waals surface area contributed by atoms with Gasteiger partial charge in [-0.15, -0.1) is 0 Å². The van der Waals surface area contributed by atoms with Crippen LogP contribution < -0.4 is 0 Å². The van der Waals surface area contributed by atoms with Crippen LogP contribution in [0.4, 0.5) is 4.39 Å². The number of aromatic hydroxyl groups is 2. The van der Waals surface area contributed by atoms with Crippen molar-refractivity contribution in [2.24, 2.45) is 0 Å². The molecule has 2 aromatic rings. The van der Waals surface area contributed by atoms with Crippen LogP contribution in [-0.4, -0.2) is 50.0 Å². The van der Waals surface area contributed by atoms with Crippen molar-refractivity contribution < 1.29 is 39.2 Å². The molecular weight excluding hydrogens is 371 g/mol. The Hall–Kier alpha value is -3.10. The zero-order chi connectivity index (χ0) is 20.4. The van der Waals surface area contributed by atoms with Gasteiger partial charge in [0.25, 0.3) is 0 Å². The monoisotopic (exact) mass is 385 g/mol. The lowest BCUT2D eigenvalue weighted by Crippen LogP contribution is -2.45. The third kappa shape index (κ3) is 2.25. The molecule has 8 heteroatoms. The highest BCUT2D eigenvalue weighted by molar-refractivity contribution is 6.30. The van der Waals surface area contributed by atoms with Crippen LogP contribution in [0.15, 0.2) is 18.2 Å². The molecule has 0 spiro atoms. The number of carbonyl (C=O) groups excluding carboxylic acids is 3. The van der Waals surface area contributed by atoms with Gasteiger partial charge >= 0.3 is 0 Å². The van der Waals surface area contributed by atoms with Gasteiger partial charge in [-0.3, -0.25) is 14.4 Å². The van der Waals surface area contributed by atoms with Crippen LogP contribution in [-0.2, 0) is 11.2 Å². The van der Waals surface area contributed by atoms with E-state index in [1.165, 1.54) is 18.6 Å². The lowest BCUT2D eigenvalue weighted by Gasteiger charge is -2.34. The van der Waals surface area contributed by atoms with Crippen LogP contribution in [0.3, 0.4) is 0 Å². The number of hydrogen-bond acceptors (Lipinski definition) is 7. The number of aliphatic hydroxyl groups excluding tert-OH is 1. The summed E-state index contributed by atoms with van der Waals surface area (Å²) in [7, 11) is 0. The Bertz CT molecular complexity index is 1090. The molecule has 0 saturated carbocycles. The average Bonchev–Trinajstić information content (AvgIpc) is 2.67. The molecule has 4 rings (SSSR count). The molecule has 0 aliphatic heterocycles. The fraction of sp³-hybridized carbons (Fsp3) is 0.200. The van der Waals surface area contributed by atoms with Crippen molar-refractivity contribution in [2.45, 2.75) is 18.4 Å². The second-order valence-electron chi connectivity index (χ2n) is 6.86. The van der Waals surface area contributed by atoms with Gasteiger partial charge in [0.1, 0.15) is 29.5 Å². The number of phenolic OH excluding ortho intramolecular Hbond substituents is 2. The van der Waals surface area contributed by atoms with Crippen molar-refractivity contribution in [3.63, 3.8) is 0 Å². The van der Waals surface area contributed by atoms with Crippen LogP contribution >= 0.6 is 0 Å². The van der Waals surface area contributed by atoms with Crippen molar-refractivity contribution in [2.75, 3.05) is 6.61 Å². The van der Waals surface area contributed by atoms with Gasteiger partial charge in [0.15, 0.2) is 11.6 Å². The number of carbonyl (C=O) groups is 3. The Morgan fingerprint density at radius 1 is 1.07 bits per heavy atom. The normalized spacial score (nSPS) is 20.4. The molecule has 1 atom stereocenters. The maximum absolute atomic E-state index is 14.2. The smallest absolute Gasteiger partial charge is 0.201 e. The molecule has 0 unspecified atom stereocenters. The molecule has 0 bridgehead atoms. The first-order valence-electron chi connectivity index (χ1n) is 8.39. The minimum absolute atomic E-state index is 0.0207. The zero-order valence-corrected chi connectivity index (χ0v) is 14.3. The molecule has 0 saturated heterocycles. The van der Waals surface area contributed by atoms with E-state index in [4.69, 9.17) is 5.11 Å². The molecule has 143 valence electrons. The molecule has 1 radical (unpaired) electrons. The summed E-state index contributed by atoms with van der Waals surface area (Å²) in [5.74, 6) is -4.92. The second kappa shape index (κ2) is 5.95. The average molecular weight is 385 g/mol. The summed E-state index contributed by atoms with van der Waals surface area (Å²) in [4.78, 5) is 37.5. The van der Waals surface area contributed by atoms with E-state index in [2.05, 4.69) is 0 Å². The van der Waals surface area contributed by atoms with Gasteiger partial charge in [-0.1, -0.05) is 12.1 Å². The lowest BCUT2D eigenvalue weighted by molar-refractivity contribution is -0.140. The number of fused-ring (bicyclic) bond motifs is 3. The van der Waals surface area contributed by atoms with Crippen molar-refractivity contribution in [3.05, 3.63) is 63.8 Å². The van der Waals surface area contributed by atoms with Crippen LogP contribution in [0.2, 0.25) is 0 Å². The quantitative estimate of drug-likeness (QED) is 0.480. The molecule has 2 aromatic carbocycles. The lowest BCUT2D eigenvalue weighted by atomic mass is 9.73. The summed E-state index contributed by atoms with van der Waals surface area (Å²) in [6, 6.07) is 3.48. The van der Waals surface area contributed by atoms with Crippen LogP contribution in [0, 0.1) is 12.2 Å². The number of hydrogen-bond donors (Lipinski definition) is 4. The summed E-state index contributed by atoms with van der Waals surface area (Å²) in [6.45, 7) is -0.929. The van der Waals surface area contributed by atoms with Crippen LogP contribution in [0.5, 0.6) is 11.5 Å². The molecule has 28 heavy (non-hydrogen) atoms. The Morgan fingerprint density at radius 3 is 2.43 bits per heavy atom. The molecular formula is C20H14FO7. The van der Waals surface area contributed by atoms with E-state index < -0.39 is 70.0 Å². The van der Waals surface area contributed by atoms with E-state index in [0.717, 1.165) is 6.07 Å². The molecule has 0 amide bonds. The SMILES string of the molecule is O=C1c2c(F)cccc2C(=O)c2c(O)c3c(c(O)c21)[CH]C[C@@](O)(C(=O)CO)C3. The predicted octanol–water partition coefficient (Wildman–Crippen LogP) is 0.803. The zero-order valence-electron chi connectivity index (χ0n) is 14.3. The summed E-state index contributed by atoms with van der Waals surface area (Å²) in [5.41, 5.74) is -3.92. The number of halogens is 1. The number of phenols is 2. The maximum atomic E-state index is 14.2. The van der Waals surface area contributed by atoms with Crippen molar-refractivity contribution in [1.29, 1.82) is 0 Å². The number of ketones is 3. The standard InChI is InChI=1S/C20H14FO7/c21-11-3-1-2-9-13(11)19(27)15-14(17(9)25)18(26)10-6-20(28,12(23)7-22)5-4-8(10)16(15)24/h1-4,22,24,26,28H,5-7H2/t20-/m0/s1. The fourth-order valence-corrected chi connectivity index (χ4v) is 3.83. The summed E-state index contributed by atoms with van der Waals surface area (Å²) in [5, 5.41) is 40.9. The highest BCUT2D eigenvalue weighted by atomic mass is 19.1. The highest BCUT2D eigenvalue weighted by Gasteiger charge is 2.45. The molecule has 4 N–H and O–H groups in total. The van der Waals surface area contributed by atoms with Crippen molar-refractivity contribution in [3.8, 4) is 11.5 Å². The Balaban J connectivity index is 1.97. The first kappa shape index (κ1) is 18.3. The van der Waals surface area contributed by atoms with E-state index in [-0.39, 0.29) is 23.1 Å². The van der Waals surface area contributed by atoms with Crippen LogP contribution in [0.1, 0.15) is 49.4 Å². The van der Waals surface area contributed by atoms with Crippen molar-refractivity contribution in [1.82, 2.24) is 0 Å². The second-order valence-corrected chi connectivity index (χ2v) is 6.86. The summed E-state index contributed by atoms with van der Waals surface area (Å²) >= 11 is 0. The fourth-order valence-electron chi connectivity index (χ4n) is 3.83. The van der Waals surface area contributed by atoms with Gasteiger partial charge in [-0.25, -0.2) is 4.39 Å². The van der Waals surface area contributed by atoms with E-state index >= 15 is 0 Å². The van der Waals surface area contributed by atoms with Gasteiger partial charge in [0.2, 0.25) is 5.78 Å². The van der Waals surface area contributed by atoms with E-state index in [1.807, 2.05) is 0 Å². The van der Waals surface area contributed by atoms with Gasteiger partial charge in [-0.05, 0) is 18.9 Å². The van der Waals surface area contributed by atoms with Gasteiger partial charge in [-0.2, -0.15) is 0 Å². The van der Waals surface area contributed by atoms with Crippen LogP contribution in [0.25, 0.3) is 0 Å². The Labute approximate surface area is 157 Å². The van der Waals surface area contributed by atoms with Crippen molar-refractivity contribution >= 4 is 17.3 Å². The molecule has 0 aromatic heterocycles. The van der Waals surface area contributed by atoms with Gasteiger partial charge < -0.3 is 20.4 Å². The Morgan fingerprint density at radius 2 is 1.75 bits per heavy atom. The van der Waals surface area contributed by atoms with E-state index in [9.17, 15) is 34.1 Å². The number of benzene rings is 2. The molecule has 7 nitrogen and oxygen atoms in total. The van der Waals surface area contributed by atoms with E-state index in [0.29, 0.717) is 0 Å². The maximum Gasteiger partial charge on any atom is 0.201 e. The summed E-state index contributed by atoms with van der Waals surface area (Å²) < 4.78 is 14.2. The third-order valence-electron chi connectivity index (χ3n) is 5.30. The first-order valence-corrected chi connectivity index (χ1v) is 8.39. The summed E-state index contributed by atoms with van der Waals surface area (Å²) in [6.07, 6.45) is 0.483. The Kier molecular flexibility index (Phi) is 3.88. The predicted molar refractivity (Wildman–Crippen MR) is 91.8 cm³/mol.